The quantitative estimate of drug-likeness (QED) is 0.444. The molecule has 150 valence electrons. The fourth-order valence-corrected chi connectivity index (χ4v) is 2.49. The summed E-state index contributed by atoms with van der Waals surface area (Å²) < 4.78 is 43.3. The predicted octanol–water partition coefficient (Wildman–Crippen LogP) is 4.90. The minimum absolute atomic E-state index is 0.107. The fourth-order valence-electron chi connectivity index (χ4n) is 2.49. The maximum Gasteiger partial charge on any atom is 0.416 e. The zero-order valence-electron chi connectivity index (χ0n) is 14.9. The standard InChI is InChI=1S/C18H14F3N5O3/c1-29-14-5-3-2-4-13(14)25-17-15(26(27)28)16(22-10-23-17)24-12-8-6-11(7-9-12)18(19,20)21/h2-10H,1H3,(H2,22,23,24,25). The maximum absolute atomic E-state index is 12.7. The van der Waals surface area contributed by atoms with Crippen molar-refractivity contribution in [3.63, 3.8) is 0 Å². The van der Waals surface area contributed by atoms with E-state index in [9.17, 15) is 23.3 Å². The van der Waals surface area contributed by atoms with Crippen molar-refractivity contribution in [2.45, 2.75) is 6.18 Å². The highest BCUT2D eigenvalue weighted by molar-refractivity contribution is 5.78. The SMILES string of the molecule is COc1ccccc1Nc1ncnc(Nc2ccc(C(F)(F)F)cc2)c1[N+](=O)[O-]. The molecular formula is C18H14F3N5O3. The molecule has 0 saturated heterocycles. The molecule has 0 unspecified atom stereocenters. The van der Waals surface area contributed by atoms with Crippen LogP contribution in [0.1, 0.15) is 5.56 Å². The Bertz CT molecular complexity index is 1030. The Labute approximate surface area is 162 Å². The van der Waals surface area contributed by atoms with Crippen molar-refractivity contribution in [3.8, 4) is 5.75 Å². The molecule has 0 spiro atoms. The van der Waals surface area contributed by atoms with Crippen molar-refractivity contribution in [2.75, 3.05) is 17.7 Å². The van der Waals surface area contributed by atoms with Gasteiger partial charge in [0.1, 0.15) is 12.1 Å². The Morgan fingerprint density at radius 2 is 1.62 bits per heavy atom. The van der Waals surface area contributed by atoms with Gasteiger partial charge in [0.2, 0.25) is 11.6 Å². The zero-order valence-corrected chi connectivity index (χ0v) is 14.9. The molecule has 1 heterocycles. The summed E-state index contributed by atoms with van der Waals surface area (Å²) in [5.41, 5.74) is -0.669. The number of hydrogen-bond acceptors (Lipinski definition) is 7. The highest BCUT2D eigenvalue weighted by atomic mass is 19.4. The van der Waals surface area contributed by atoms with E-state index in [4.69, 9.17) is 4.74 Å². The van der Waals surface area contributed by atoms with Gasteiger partial charge in [0, 0.05) is 5.69 Å². The van der Waals surface area contributed by atoms with Gasteiger partial charge in [-0.2, -0.15) is 13.2 Å². The molecular weight excluding hydrogens is 391 g/mol. The third-order valence-electron chi connectivity index (χ3n) is 3.84. The summed E-state index contributed by atoms with van der Waals surface area (Å²) in [6.07, 6.45) is -3.39. The van der Waals surface area contributed by atoms with Gasteiger partial charge in [-0.05, 0) is 36.4 Å². The minimum Gasteiger partial charge on any atom is -0.495 e. The average Bonchev–Trinajstić information content (AvgIpc) is 2.68. The number of benzene rings is 2. The van der Waals surface area contributed by atoms with E-state index >= 15 is 0 Å². The first-order valence-corrected chi connectivity index (χ1v) is 8.13. The number of nitrogens with zero attached hydrogens (tertiary/aromatic N) is 3. The van der Waals surface area contributed by atoms with Crippen molar-refractivity contribution >= 4 is 28.7 Å². The van der Waals surface area contributed by atoms with Gasteiger partial charge in [0.25, 0.3) is 0 Å². The number of para-hydroxylation sites is 2. The normalized spacial score (nSPS) is 11.0. The molecule has 0 saturated carbocycles. The molecule has 0 radical (unpaired) electrons. The van der Waals surface area contributed by atoms with E-state index in [0.717, 1.165) is 30.6 Å². The van der Waals surface area contributed by atoms with Crippen LogP contribution in [0.3, 0.4) is 0 Å². The van der Waals surface area contributed by atoms with Crippen LogP contribution in [0.2, 0.25) is 0 Å². The number of nitro groups is 1. The number of hydrogen-bond donors (Lipinski definition) is 2. The summed E-state index contributed by atoms with van der Waals surface area (Å²) in [5.74, 6) is 0.156. The van der Waals surface area contributed by atoms with E-state index in [1.807, 2.05) is 0 Å². The first kappa shape index (κ1) is 19.9. The Balaban J connectivity index is 1.94. The Kier molecular flexibility index (Phi) is 5.48. The molecule has 0 aliphatic carbocycles. The summed E-state index contributed by atoms with van der Waals surface area (Å²) in [4.78, 5) is 18.7. The molecule has 0 aliphatic rings. The Morgan fingerprint density at radius 1 is 1.00 bits per heavy atom. The fraction of sp³-hybridized carbons (Fsp3) is 0.111. The van der Waals surface area contributed by atoms with Crippen LogP contribution in [-0.2, 0) is 6.18 Å². The maximum atomic E-state index is 12.7. The van der Waals surface area contributed by atoms with Gasteiger partial charge in [-0.3, -0.25) is 10.1 Å². The predicted molar refractivity (Wildman–Crippen MR) is 99.7 cm³/mol. The van der Waals surface area contributed by atoms with E-state index in [1.165, 1.54) is 7.11 Å². The highest BCUT2D eigenvalue weighted by Gasteiger charge is 2.30. The van der Waals surface area contributed by atoms with Gasteiger partial charge in [-0.15, -0.1) is 0 Å². The molecule has 0 amide bonds. The van der Waals surface area contributed by atoms with Crippen molar-refractivity contribution in [1.82, 2.24) is 9.97 Å². The largest absolute Gasteiger partial charge is 0.495 e. The van der Waals surface area contributed by atoms with E-state index in [-0.39, 0.29) is 17.3 Å². The number of ether oxygens (including phenoxy) is 1. The molecule has 0 aliphatic heterocycles. The van der Waals surface area contributed by atoms with Crippen LogP contribution in [0.5, 0.6) is 5.75 Å². The second-order valence-corrected chi connectivity index (χ2v) is 5.70. The van der Waals surface area contributed by atoms with Crippen molar-refractivity contribution < 1.29 is 22.8 Å². The lowest BCUT2D eigenvalue weighted by molar-refractivity contribution is -0.383. The second-order valence-electron chi connectivity index (χ2n) is 5.70. The number of anilines is 4. The van der Waals surface area contributed by atoms with Crippen LogP contribution in [0, 0.1) is 10.1 Å². The molecule has 29 heavy (non-hydrogen) atoms. The van der Waals surface area contributed by atoms with Crippen LogP contribution >= 0.6 is 0 Å². The zero-order chi connectivity index (χ0) is 21.0. The van der Waals surface area contributed by atoms with Gasteiger partial charge < -0.3 is 15.4 Å². The average molecular weight is 405 g/mol. The molecule has 3 rings (SSSR count). The van der Waals surface area contributed by atoms with E-state index < -0.39 is 22.4 Å². The van der Waals surface area contributed by atoms with Gasteiger partial charge in [-0.1, -0.05) is 12.1 Å². The van der Waals surface area contributed by atoms with Crippen LogP contribution in [0.15, 0.2) is 54.9 Å². The molecule has 2 N–H and O–H groups in total. The lowest BCUT2D eigenvalue weighted by atomic mass is 10.2. The van der Waals surface area contributed by atoms with Gasteiger partial charge >= 0.3 is 11.9 Å². The van der Waals surface area contributed by atoms with E-state index in [0.29, 0.717) is 11.4 Å². The topological polar surface area (TPSA) is 102 Å². The summed E-state index contributed by atoms with van der Waals surface area (Å²) in [5, 5.41) is 17.1. The number of methoxy groups -OCH3 is 1. The summed E-state index contributed by atoms with van der Waals surface area (Å²) in [6.45, 7) is 0. The lowest BCUT2D eigenvalue weighted by Crippen LogP contribution is -2.07. The summed E-state index contributed by atoms with van der Waals surface area (Å²) >= 11 is 0. The van der Waals surface area contributed by atoms with Crippen LogP contribution < -0.4 is 15.4 Å². The Hall–Kier alpha value is -3.89. The monoisotopic (exact) mass is 405 g/mol. The highest BCUT2D eigenvalue weighted by Crippen LogP contribution is 2.36. The molecule has 2 aromatic carbocycles. The summed E-state index contributed by atoms with van der Waals surface area (Å²) in [7, 11) is 1.45. The number of alkyl halides is 3. The van der Waals surface area contributed by atoms with Gasteiger partial charge in [-0.25, -0.2) is 9.97 Å². The van der Waals surface area contributed by atoms with Crippen LogP contribution in [0.25, 0.3) is 0 Å². The number of nitrogens with one attached hydrogen (secondary N) is 2. The van der Waals surface area contributed by atoms with E-state index in [2.05, 4.69) is 20.6 Å². The second kappa shape index (κ2) is 8.00. The van der Waals surface area contributed by atoms with Crippen molar-refractivity contribution in [2.24, 2.45) is 0 Å². The summed E-state index contributed by atoms with van der Waals surface area (Å²) in [6, 6.07) is 10.8. The molecule has 0 atom stereocenters. The third-order valence-corrected chi connectivity index (χ3v) is 3.84. The van der Waals surface area contributed by atoms with E-state index in [1.54, 1.807) is 24.3 Å². The first-order chi connectivity index (χ1) is 13.8. The molecule has 8 nitrogen and oxygen atoms in total. The number of halogens is 3. The smallest absolute Gasteiger partial charge is 0.416 e. The van der Waals surface area contributed by atoms with Gasteiger partial charge in [0.15, 0.2) is 0 Å². The number of rotatable bonds is 6. The first-order valence-electron chi connectivity index (χ1n) is 8.13. The lowest BCUT2D eigenvalue weighted by Gasteiger charge is -2.12. The minimum atomic E-state index is -4.48. The molecule has 1 aromatic heterocycles. The Morgan fingerprint density at radius 3 is 2.21 bits per heavy atom. The van der Waals surface area contributed by atoms with Crippen molar-refractivity contribution in [1.29, 1.82) is 0 Å². The van der Waals surface area contributed by atoms with Crippen molar-refractivity contribution in [3.05, 3.63) is 70.5 Å². The third kappa shape index (κ3) is 4.51. The van der Waals surface area contributed by atoms with Crippen LogP contribution in [-0.4, -0.2) is 22.0 Å². The molecule has 11 heteroatoms. The molecule has 0 bridgehead atoms. The van der Waals surface area contributed by atoms with Gasteiger partial charge in [0.05, 0.1) is 23.3 Å². The molecule has 0 fully saturated rings. The number of aromatic nitrogens is 2. The van der Waals surface area contributed by atoms with Crippen LogP contribution in [0.4, 0.5) is 41.9 Å². The molecule has 3 aromatic rings.